The summed E-state index contributed by atoms with van der Waals surface area (Å²) in [6.45, 7) is 1.73. The van der Waals surface area contributed by atoms with E-state index in [2.05, 4.69) is 10.0 Å². The van der Waals surface area contributed by atoms with Gasteiger partial charge in [-0.3, -0.25) is 9.52 Å². The van der Waals surface area contributed by atoms with Gasteiger partial charge in [-0.2, -0.15) is 0 Å². The first-order chi connectivity index (χ1) is 13.8. The summed E-state index contributed by atoms with van der Waals surface area (Å²) >= 11 is 0. The predicted octanol–water partition coefficient (Wildman–Crippen LogP) is 4.26. The molecule has 0 aliphatic carbocycles. The molecule has 3 rings (SSSR count). The number of rotatable bonds is 6. The van der Waals surface area contributed by atoms with Gasteiger partial charge in [-0.1, -0.05) is 24.3 Å². The van der Waals surface area contributed by atoms with E-state index in [1.165, 1.54) is 24.3 Å². The van der Waals surface area contributed by atoms with Crippen LogP contribution in [0.2, 0.25) is 0 Å². The number of halogens is 2. The van der Waals surface area contributed by atoms with Crippen LogP contribution in [0.5, 0.6) is 0 Å². The van der Waals surface area contributed by atoms with Crippen molar-refractivity contribution in [1.29, 1.82) is 0 Å². The molecule has 1 atom stereocenters. The van der Waals surface area contributed by atoms with Crippen molar-refractivity contribution in [2.24, 2.45) is 0 Å². The molecule has 0 radical (unpaired) electrons. The molecular formula is C21H18F2N2O3S. The normalized spacial score (nSPS) is 12.2. The van der Waals surface area contributed by atoms with Crippen LogP contribution in [0.25, 0.3) is 0 Å². The van der Waals surface area contributed by atoms with Gasteiger partial charge >= 0.3 is 0 Å². The molecule has 0 aromatic heterocycles. The minimum absolute atomic E-state index is 0.0839. The summed E-state index contributed by atoms with van der Waals surface area (Å²) in [6, 6.07) is 15.8. The average Bonchev–Trinajstić information content (AvgIpc) is 2.69. The lowest BCUT2D eigenvalue weighted by molar-refractivity contribution is 0.0941. The lowest BCUT2D eigenvalue weighted by atomic mass is 10.1. The summed E-state index contributed by atoms with van der Waals surface area (Å²) < 4.78 is 53.6. The zero-order valence-corrected chi connectivity index (χ0v) is 16.2. The monoisotopic (exact) mass is 416 g/mol. The molecule has 0 aliphatic heterocycles. The van der Waals surface area contributed by atoms with Gasteiger partial charge in [0, 0.05) is 0 Å². The molecule has 0 heterocycles. The Morgan fingerprint density at radius 1 is 0.862 bits per heavy atom. The van der Waals surface area contributed by atoms with E-state index in [0.717, 1.165) is 24.3 Å². The van der Waals surface area contributed by atoms with E-state index in [-0.39, 0.29) is 22.0 Å². The van der Waals surface area contributed by atoms with Gasteiger partial charge in [0.05, 0.1) is 22.2 Å². The van der Waals surface area contributed by atoms with Gasteiger partial charge in [0.25, 0.3) is 15.9 Å². The Labute approximate surface area is 167 Å². The van der Waals surface area contributed by atoms with Crippen LogP contribution >= 0.6 is 0 Å². The number of hydrogen-bond acceptors (Lipinski definition) is 3. The van der Waals surface area contributed by atoms with Crippen molar-refractivity contribution in [3.8, 4) is 0 Å². The molecule has 0 unspecified atom stereocenters. The van der Waals surface area contributed by atoms with Gasteiger partial charge in [0.15, 0.2) is 0 Å². The average molecular weight is 416 g/mol. The van der Waals surface area contributed by atoms with Crippen molar-refractivity contribution in [3.63, 3.8) is 0 Å². The first-order valence-corrected chi connectivity index (χ1v) is 10.2. The SMILES string of the molecule is C[C@H](NC(=O)c1ccccc1NS(=O)(=O)c1ccc(F)cc1)c1ccc(F)cc1. The van der Waals surface area contributed by atoms with E-state index >= 15 is 0 Å². The quantitative estimate of drug-likeness (QED) is 0.631. The molecule has 0 bridgehead atoms. The number of para-hydroxylation sites is 1. The molecule has 3 aromatic rings. The highest BCUT2D eigenvalue weighted by Crippen LogP contribution is 2.22. The largest absolute Gasteiger partial charge is 0.345 e. The lowest BCUT2D eigenvalue weighted by Gasteiger charge is -2.17. The van der Waals surface area contributed by atoms with Crippen LogP contribution in [0.4, 0.5) is 14.5 Å². The van der Waals surface area contributed by atoms with Crippen molar-refractivity contribution in [3.05, 3.63) is 95.6 Å². The number of benzene rings is 3. The fraction of sp³-hybridized carbons (Fsp3) is 0.0952. The van der Waals surface area contributed by atoms with Crippen LogP contribution in [0, 0.1) is 11.6 Å². The summed E-state index contributed by atoms with van der Waals surface area (Å²) in [4.78, 5) is 12.6. The zero-order valence-electron chi connectivity index (χ0n) is 15.4. The number of carbonyl (C=O) groups excluding carboxylic acids is 1. The third-order valence-electron chi connectivity index (χ3n) is 4.26. The van der Waals surface area contributed by atoms with E-state index in [4.69, 9.17) is 0 Å². The number of nitrogens with one attached hydrogen (secondary N) is 2. The minimum atomic E-state index is -4.01. The van der Waals surface area contributed by atoms with Gasteiger partial charge in [-0.25, -0.2) is 17.2 Å². The number of carbonyl (C=O) groups is 1. The van der Waals surface area contributed by atoms with Crippen molar-refractivity contribution in [2.45, 2.75) is 17.9 Å². The molecule has 2 N–H and O–H groups in total. The van der Waals surface area contributed by atoms with Gasteiger partial charge in [0.2, 0.25) is 0 Å². The second kappa shape index (κ2) is 8.40. The van der Waals surface area contributed by atoms with Crippen molar-refractivity contribution < 1.29 is 22.0 Å². The molecule has 29 heavy (non-hydrogen) atoms. The maximum atomic E-state index is 13.1. The van der Waals surface area contributed by atoms with E-state index in [9.17, 15) is 22.0 Å². The van der Waals surface area contributed by atoms with E-state index in [1.54, 1.807) is 31.2 Å². The molecular weight excluding hydrogens is 398 g/mol. The Balaban J connectivity index is 1.81. The third-order valence-corrected chi connectivity index (χ3v) is 5.64. The van der Waals surface area contributed by atoms with Crippen LogP contribution in [0.15, 0.2) is 77.7 Å². The summed E-state index contributed by atoms with van der Waals surface area (Å²) in [5, 5.41) is 2.76. The number of amides is 1. The summed E-state index contributed by atoms with van der Waals surface area (Å²) in [7, 11) is -4.01. The number of hydrogen-bond donors (Lipinski definition) is 2. The zero-order chi connectivity index (χ0) is 21.0. The van der Waals surface area contributed by atoms with Crippen LogP contribution in [0.1, 0.15) is 28.9 Å². The first-order valence-electron chi connectivity index (χ1n) is 8.70. The standard InChI is InChI=1S/C21H18F2N2O3S/c1-14(15-6-8-16(22)9-7-15)24-21(26)19-4-2-3-5-20(19)25-29(27,28)18-12-10-17(23)11-13-18/h2-14,25H,1H3,(H,24,26)/t14-/m0/s1. The van der Waals surface area contributed by atoms with Crippen LogP contribution in [0.3, 0.4) is 0 Å². The van der Waals surface area contributed by atoms with Gasteiger partial charge < -0.3 is 5.32 Å². The molecule has 0 aliphatic rings. The van der Waals surface area contributed by atoms with Gasteiger partial charge in [0.1, 0.15) is 11.6 Å². The first kappa shape index (κ1) is 20.5. The van der Waals surface area contributed by atoms with Crippen LogP contribution < -0.4 is 10.0 Å². The highest BCUT2D eigenvalue weighted by molar-refractivity contribution is 7.92. The van der Waals surface area contributed by atoms with E-state index in [0.29, 0.717) is 5.56 Å². The van der Waals surface area contributed by atoms with E-state index < -0.39 is 27.8 Å². The molecule has 0 saturated carbocycles. The second-order valence-corrected chi connectivity index (χ2v) is 8.03. The molecule has 1 amide bonds. The Hall–Kier alpha value is -3.26. The van der Waals surface area contributed by atoms with Gasteiger partial charge in [-0.15, -0.1) is 0 Å². The second-order valence-electron chi connectivity index (χ2n) is 6.35. The van der Waals surface area contributed by atoms with Crippen molar-refractivity contribution in [2.75, 3.05) is 4.72 Å². The number of sulfonamides is 1. The predicted molar refractivity (Wildman–Crippen MR) is 106 cm³/mol. The summed E-state index contributed by atoms with van der Waals surface area (Å²) in [5.41, 5.74) is 0.900. The highest BCUT2D eigenvalue weighted by atomic mass is 32.2. The maximum Gasteiger partial charge on any atom is 0.261 e. The molecule has 150 valence electrons. The smallest absolute Gasteiger partial charge is 0.261 e. The van der Waals surface area contributed by atoms with Crippen LogP contribution in [-0.2, 0) is 10.0 Å². The molecule has 0 saturated heterocycles. The molecule has 0 fully saturated rings. The molecule has 3 aromatic carbocycles. The molecule has 0 spiro atoms. The summed E-state index contributed by atoms with van der Waals surface area (Å²) in [6.07, 6.45) is 0. The van der Waals surface area contributed by atoms with Crippen molar-refractivity contribution >= 4 is 21.6 Å². The Morgan fingerprint density at radius 2 is 1.41 bits per heavy atom. The minimum Gasteiger partial charge on any atom is -0.345 e. The molecule has 5 nitrogen and oxygen atoms in total. The third kappa shape index (κ3) is 4.97. The summed E-state index contributed by atoms with van der Waals surface area (Å²) in [5.74, 6) is -1.44. The fourth-order valence-corrected chi connectivity index (χ4v) is 3.78. The topological polar surface area (TPSA) is 75.3 Å². The Morgan fingerprint density at radius 3 is 2.03 bits per heavy atom. The Kier molecular flexibility index (Phi) is 5.93. The Bertz CT molecular complexity index is 1120. The number of anilines is 1. The highest BCUT2D eigenvalue weighted by Gasteiger charge is 2.20. The van der Waals surface area contributed by atoms with Gasteiger partial charge in [-0.05, 0) is 61.0 Å². The fourth-order valence-electron chi connectivity index (χ4n) is 2.70. The van der Waals surface area contributed by atoms with E-state index in [1.807, 2.05) is 0 Å². The lowest BCUT2D eigenvalue weighted by Crippen LogP contribution is -2.28. The van der Waals surface area contributed by atoms with Crippen molar-refractivity contribution in [1.82, 2.24) is 5.32 Å². The maximum absolute atomic E-state index is 13.1. The molecule has 8 heteroatoms. The van der Waals surface area contributed by atoms with Crippen LogP contribution in [-0.4, -0.2) is 14.3 Å².